The van der Waals surface area contributed by atoms with E-state index < -0.39 is 0 Å². The van der Waals surface area contributed by atoms with E-state index in [1.165, 1.54) is 11.0 Å². The summed E-state index contributed by atoms with van der Waals surface area (Å²) < 4.78 is 1.61. The lowest BCUT2D eigenvalue weighted by atomic mass is 10.2. The first kappa shape index (κ1) is 15.1. The summed E-state index contributed by atoms with van der Waals surface area (Å²) in [5.41, 5.74) is 1.48. The standard InChI is InChI=1S/C16H15N5OS/c1-11-6-7-15(23-11)8-9-16(22)17-13-4-3-5-14(10-13)21-12(2)18-19-20-21/h3-10H,1-2H3,(H,17,22). The molecule has 0 unspecified atom stereocenters. The highest BCUT2D eigenvalue weighted by Gasteiger charge is 2.05. The first-order valence-corrected chi connectivity index (χ1v) is 7.84. The van der Waals surface area contributed by atoms with Gasteiger partial charge in [0.1, 0.15) is 0 Å². The topological polar surface area (TPSA) is 72.7 Å². The molecular formula is C16H15N5OS. The van der Waals surface area contributed by atoms with E-state index in [1.807, 2.05) is 56.3 Å². The van der Waals surface area contributed by atoms with Crippen LogP contribution < -0.4 is 5.32 Å². The number of hydrogen-bond acceptors (Lipinski definition) is 5. The summed E-state index contributed by atoms with van der Waals surface area (Å²) in [5.74, 6) is 0.503. The fourth-order valence-corrected chi connectivity index (χ4v) is 2.85. The Hall–Kier alpha value is -2.80. The van der Waals surface area contributed by atoms with Crippen LogP contribution in [0.2, 0.25) is 0 Å². The molecule has 0 saturated heterocycles. The number of nitrogens with zero attached hydrogens (tertiary/aromatic N) is 4. The minimum absolute atomic E-state index is 0.179. The van der Waals surface area contributed by atoms with Crippen LogP contribution in [-0.4, -0.2) is 26.1 Å². The second kappa shape index (κ2) is 6.53. The minimum Gasteiger partial charge on any atom is -0.322 e. The van der Waals surface area contributed by atoms with Crippen LogP contribution in [-0.2, 0) is 4.79 Å². The third kappa shape index (κ3) is 3.70. The Morgan fingerprint density at radius 3 is 2.83 bits per heavy atom. The molecule has 116 valence electrons. The van der Waals surface area contributed by atoms with Crippen LogP contribution in [0.15, 0.2) is 42.5 Å². The van der Waals surface area contributed by atoms with Gasteiger partial charge in [-0.1, -0.05) is 6.07 Å². The number of benzene rings is 1. The molecule has 0 fully saturated rings. The van der Waals surface area contributed by atoms with E-state index in [4.69, 9.17) is 0 Å². The lowest BCUT2D eigenvalue weighted by Gasteiger charge is -2.06. The summed E-state index contributed by atoms with van der Waals surface area (Å²) in [4.78, 5) is 14.3. The van der Waals surface area contributed by atoms with Gasteiger partial charge in [0.05, 0.1) is 5.69 Å². The fourth-order valence-electron chi connectivity index (χ4n) is 2.07. The van der Waals surface area contributed by atoms with Gasteiger partial charge in [-0.25, -0.2) is 0 Å². The maximum Gasteiger partial charge on any atom is 0.248 e. The quantitative estimate of drug-likeness (QED) is 0.749. The highest BCUT2D eigenvalue weighted by molar-refractivity contribution is 7.12. The number of carbonyl (C=O) groups excluding carboxylic acids is 1. The van der Waals surface area contributed by atoms with E-state index in [2.05, 4.69) is 20.8 Å². The molecule has 0 spiro atoms. The van der Waals surface area contributed by atoms with E-state index in [0.29, 0.717) is 11.5 Å². The largest absolute Gasteiger partial charge is 0.322 e. The van der Waals surface area contributed by atoms with Gasteiger partial charge in [0.25, 0.3) is 0 Å². The van der Waals surface area contributed by atoms with Gasteiger partial charge in [0.15, 0.2) is 5.82 Å². The maximum absolute atomic E-state index is 12.0. The summed E-state index contributed by atoms with van der Waals surface area (Å²) in [5, 5.41) is 14.2. The summed E-state index contributed by atoms with van der Waals surface area (Å²) in [6, 6.07) is 11.4. The van der Waals surface area contributed by atoms with Gasteiger partial charge in [-0.2, -0.15) is 4.68 Å². The molecular weight excluding hydrogens is 310 g/mol. The Labute approximate surface area is 137 Å². The van der Waals surface area contributed by atoms with E-state index in [9.17, 15) is 4.79 Å². The lowest BCUT2D eigenvalue weighted by Crippen LogP contribution is -2.08. The van der Waals surface area contributed by atoms with Crippen molar-refractivity contribution >= 4 is 29.0 Å². The van der Waals surface area contributed by atoms with Crippen molar-refractivity contribution in [3.05, 3.63) is 58.1 Å². The van der Waals surface area contributed by atoms with Gasteiger partial charge in [-0.05, 0) is 60.7 Å². The number of nitrogens with one attached hydrogen (secondary N) is 1. The van der Waals surface area contributed by atoms with Crippen molar-refractivity contribution in [1.82, 2.24) is 20.2 Å². The maximum atomic E-state index is 12.0. The number of thiophene rings is 1. The molecule has 0 atom stereocenters. The number of aryl methyl sites for hydroxylation is 2. The molecule has 1 aromatic carbocycles. The number of aromatic nitrogens is 4. The number of tetrazole rings is 1. The fraction of sp³-hybridized carbons (Fsp3) is 0.125. The second-order valence-electron chi connectivity index (χ2n) is 4.96. The third-order valence-corrected chi connectivity index (χ3v) is 4.11. The van der Waals surface area contributed by atoms with Crippen LogP contribution in [0.25, 0.3) is 11.8 Å². The Balaban J connectivity index is 1.72. The van der Waals surface area contributed by atoms with E-state index in [0.717, 1.165) is 10.6 Å². The molecule has 23 heavy (non-hydrogen) atoms. The molecule has 0 aliphatic carbocycles. The van der Waals surface area contributed by atoms with Gasteiger partial charge in [0.2, 0.25) is 5.91 Å². The van der Waals surface area contributed by atoms with Crippen LogP contribution in [0.4, 0.5) is 5.69 Å². The van der Waals surface area contributed by atoms with Crippen molar-refractivity contribution in [1.29, 1.82) is 0 Å². The summed E-state index contributed by atoms with van der Waals surface area (Å²) in [6.07, 6.45) is 3.34. The van der Waals surface area contributed by atoms with E-state index in [1.54, 1.807) is 16.0 Å². The molecule has 1 amide bonds. The average molecular weight is 325 g/mol. The van der Waals surface area contributed by atoms with Crippen molar-refractivity contribution in [2.75, 3.05) is 5.32 Å². The summed E-state index contributed by atoms with van der Waals surface area (Å²) in [7, 11) is 0. The molecule has 1 N–H and O–H groups in total. The SMILES string of the molecule is Cc1ccc(C=CC(=O)Nc2cccc(-n3nnnc3C)c2)s1. The van der Waals surface area contributed by atoms with E-state index in [-0.39, 0.29) is 5.91 Å². The van der Waals surface area contributed by atoms with Crippen molar-refractivity contribution in [3.8, 4) is 5.69 Å². The molecule has 0 radical (unpaired) electrons. The van der Waals surface area contributed by atoms with Crippen LogP contribution in [0.3, 0.4) is 0 Å². The molecule has 0 aliphatic rings. The molecule has 2 aromatic heterocycles. The van der Waals surface area contributed by atoms with Crippen LogP contribution in [0, 0.1) is 13.8 Å². The molecule has 0 saturated carbocycles. The predicted molar refractivity (Wildman–Crippen MR) is 90.6 cm³/mol. The van der Waals surface area contributed by atoms with E-state index >= 15 is 0 Å². The molecule has 7 heteroatoms. The second-order valence-corrected chi connectivity index (χ2v) is 6.28. The normalized spacial score (nSPS) is 11.0. The number of hydrogen-bond donors (Lipinski definition) is 1. The zero-order valence-electron chi connectivity index (χ0n) is 12.7. The van der Waals surface area contributed by atoms with Gasteiger partial charge in [0, 0.05) is 21.5 Å². The van der Waals surface area contributed by atoms with Crippen LogP contribution >= 0.6 is 11.3 Å². The first-order valence-electron chi connectivity index (χ1n) is 7.03. The minimum atomic E-state index is -0.179. The number of anilines is 1. The zero-order valence-corrected chi connectivity index (χ0v) is 13.5. The van der Waals surface area contributed by atoms with Crippen LogP contribution in [0.5, 0.6) is 0 Å². The Bertz CT molecular complexity index is 865. The first-order chi connectivity index (χ1) is 11.1. The molecule has 3 rings (SSSR count). The van der Waals surface area contributed by atoms with Crippen molar-refractivity contribution < 1.29 is 4.79 Å². The van der Waals surface area contributed by atoms with Gasteiger partial charge in [-0.15, -0.1) is 16.4 Å². The summed E-state index contributed by atoms with van der Waals surface area (Å²) >= 11 is 1.65. The highest BCUT2D eigenvalue weighted by atomic mass is 32.1. The molecule has 3 aromatic rings. The van der Waals surface area contributed by atoms with Gasteiger partial charge >= 0.3 is 0 Å². The monoisotopic (exact) mass is 325 g/mol. The molecule has 6 nitrogen and oxygen atoms in total. The van der Waals surface area contributed by atoms with Crippen molar-refractivity contribution in [3.63, 3.8) is 0 Å². The Morgan fingerprint density at radius 1 is 1.26 bits per heavy atom. The Kier molecular flexibility index (Phi) is 4.29. The van der Waals surface area contributed by atoms with Gasteiger partial charge in [-0.3, -0.25) is 4.79 Å². The zero-order chi connectivity index (χ0) is 16.2. The smallest absolute Gasteiger partial charge is 0.248 e. The number of carbonyl (C=O) groups is 1. The van der Waals surface area contributed by atoms with Crippen molar-refractivity contribution in [2.45, 2.75) is 13.8 Å². The molecule has 2 heterocycles. The average Bonchev–Trinajstić information content (AvgIpc) is 3.14. The molecule has 0 aliphatic heterocycles. The highest BCUT2D eigenvalue weighted by Crippen LogP contribution is 2.17. The Morgan fingerprint density at radius 2 is 2.13 bits per heavy atom. The van der Waals surface area contributed by atoms with Crippen LogP contribution in [0.1, 0.15) is 15.6 Å². The molecule has 0 bridgehead atoms. The number of rotatable bonds is 4. The van der Waals surface area contributed by atoms with Gasteiger partial charge < -0.3 is 5.32 Å². The predicted octanol–water partition coefficient (Wildman–Crippen LogP) is 2.99. The lowest BCUT2D eigenvalue weighted by molar-refractivity contribution is -0.111. The number of amides is 1. The summed E-state index contributed by atoms with van der Waals surface area (Å²) in [6.45, 7) is 3.85. The third-order valence-electron chi connectivity index (χ3n) is 3.14. The van der Waals surface area contributed by atoms with Crippen molar-refractivity contribution in [2.24, 2.45) is 0 Å².